The predicted octanol–water partition coefficient (Wildman–Crippen LogP) is 3.31. The Balaban J connectivity index is 1.92. The van der Waals surface area contributed by atoms with Gasteiger partial charge in [-0.1, -0.05) is 20.3 Å². The Morgan fingerprint density at radius 3 is 2.76 bits per heavy atom. The molecule has 2 heterocycles. The van der Waals surface area contributed by atoms with Crippen molar-refractivity contribution in [1.82, 2.24) is 19.7 Å². The molecule has 0 aliphatic carbocycles. The van der Waals surface area contributed by atoms with Gasteiger partial charge in [-0.05, 0) is 43.0 Å². The molecule has 0 saturated heterocycles. The van der Waals surface area contributed by atoms with Crippen LogP contribution in [0.2, 0.25) is 0 Å². The highest BCUT2D eigenvalue weighted by Crippen LogP contribution is 2.19. The highest BCUT2D eigenvalue weighted by molar-refractivity contribution is 5.16. The van der Waals surface area contributed by atoms with Crippen LogP contribution in [-0.4, -0.2) is 20.9 Å². The van der Waals surface area contributed by atoms with Crippen LogP contribution in [0.5, 0.6) is 0 Å². The smallest absolute Gasteiger partial charge is 0.0522 e. The topological polar surface area (TPSA) is 34.8 Å². The van der Waals surface area contributed by atoms with Crippen LogP contribution in [-0.2, 0) is 20.0 Å². The van der Waals surface area contributed by atoms with Crippen molar-refractivity contribution in [2.45, 2.75) is 52.1 Å². The molecule has 0 saturated carbocycles. The van der Waals surface area contributed by atoms with Crippen molar-refractivity contribution in [3.63, 3.8) is 0 Å². The van der Waals surface area contributed by atoms with E-state index in [1.54, 1.807) is 0 Å². The van der Waals surface area contributed by atoms with E-state index in [0.29, 0.717) is 6.04 Å². The molecular formula is C17H28N4. The molecule has 2 aromatic heterocycles. The van der Waals surface area contributed by atoms with E-state index in [-0.39, 0.29) is 0 Å². The molecule has 1 atom stereocenters. The van der Waals surface area contributed by atoms with Gasteiger partial charge in [-0.15, -0.1) is 0 Å². The third kappa shape index (κ3) is 4.74. The molecule has 4 heteroatoms. The molecule has 116 valence electrons. The Bertz CT molecular complexity index is 526. The maximum absolute atomic E-state index is 4.22. The van der Waals surface area contributed by atoms with Gasteiger partial charge in [0.25, 0.3) is 0 Å². The fraction of sp³-hybridized carbons (Fsp3) is 0.588. The fourth-order valence-electron chi connectivity index (χ4n) is 2.66. The third-order valence-corrected chi connectivity index (χ3v) is 3.81. The summed E-state index contributed by atoms with van der Waals surface area (Å²) in [5, 5.41) is 7.87. The monoisotopic (exact) mass is 288 g/mol. The Labute approximate surface area is 128 Å². The second-order valence-corrected chi connectivity index (χ2v) is 5.75. The molecule has 2 rings (SSSR count). The maximum atomic E-state index is 4.22. The Hall–Kier alpha value is -1.55. The van der Waals surface area contributed by atoms with Gasteiger partial charge < -0.3 is 9.88 Å². The van der Waals surface area contributed by atoms with Crippen LogP contribution in [0.3, 0.4) is 0 Å². The standard InChI is InChI=1S/C17H28N4/c1-4-6-17(18-9-5-2)16-8-11-21(14-16)10-7-15-12-19-20(3)13-15/h8,11-14,17-18H,4-7,9-10H2,1-3H3. The van der Waals surface area contributed by atoms with Gasteiger partial charge in [-0.2, -0.15) is 5.10 Å². The zero-order valence-electron chi connectivity index (χ0n) is 13.5. The fourth-order valence-corrected chi connectivity index (χ4v) is 2.66. The number of hydrogen-bond acceptors (Lipinski definition) is 2. The summed E-state index contributed by atoms with van der Waals surface area (Å²) < 4.78 is 4.15. The molecule has 0 aromatic carbocycles. The van der Waals surface area contributed by atoms with Gasteiger partial charge >= 0.3 is 0 Å². The van der Waals surface area contributed by atoms with E-state index < -0.39 is 0 Å². The second-order valence-electron chi connectivity index (χ2n) is 5.75. The maximum Gasteiger partial charge on any atom is 0.0522 e. The Morgan fingerprint density at radius 2 is 2.10 bits per heavy atom. The largest absolute Gasteiger partial charge is 0.354 e. The van der Waals surface area contributed by atoms with Gasteiger partial charge in [-0.3, -0.25) is 4.68 Å². The lowest BCUT2D eigenvalue weighted by Crippen LogP contribution is -2.21. The molecule has 1 N–H and O–H groups in total. The Kier molecular flexibility index (Phi) is 6.05. The molecule has 2 aromatic rings. The molecular weight excluding hydrogens is 260 g/mol. The average Bonchev–Trinajstić information content (AvgIpc) is 3.10. The Morgan fingerprint density at radius 1 is 1.24 bits per heavy atom. The quantitative estimate of drug-likeness (QED) is 0.768. The van der Waals surface area contributed by atoms with Crippen LogP contribution in [0, 0.1) is 0 Å². The molecule has 0 fully saturated rings. The van der Waals surface area contributed by atoms with Crippen LogP contribution in [0.15, 0.2) is 30.9 Å². The van der Waals surface area contributed by atoms with Crippen molar-refractivity contribution in [3.05, 3.63) is 42.0 Å². The summed E-state index contributed by atoms with van der Waals surface area (Å²) in [6.45, 7) is 6.57. The number of aromatic nitrogens is 3. The molecule has 0 aliphatic heterocycles. The number of hydrogen-bond donors (Lipinski definition) is 1. The lowest BCUT2D eigenvalue weighted by Gasteiger charge is -2.16. The van der Waals surface area contributed by atoms with E-state index in [2.05, 4.69) is 53.5 Å². The van der Waals surface area contributed by atoms with Crippen molar-refractivity contribution in [3.8, 4) is 0 Å². The molecule has 0 radical (unpaired) electrons. The van der Waals surface area contributed by atoms with Gasteiger partial charge in [0.15, 0.2) is 0 Å². The molecule has 0 aliphatic rings. The normalized spacial score (nSPS) is 12.7. The average molecular weight is 288 g/mol. The number of rotatable bonds is 9. The minimum atomic E-state index is 0.495. The lowest BCUT2D eigenvalue weighted by atomic mass is 10.1. The zero-order chi connectivity index (χ0) is 15.1. The first-order chi connectivity index (χ1) is 10.2. The molecule has 0 bridgehead atoms. The predicted molar refractivity (Wildman–Crippen MR) is 87.3 cm³/mol. The van der Waals surface area contributed by atoms with Crippen LogP contribution in [0.25, 0.3) is 0 Å². The zero-order valence-corrected chi connectivity index (χ0v) is 13.5. The molecule has 1 unspecified atom stereocenters. The molecule has 0 amide bonds. The summed E-state index contributed by atoms with van der Waals surface area (Å²) in [5.74, 6) is 0. The summed E-state index contributed by atoms with van der Waals surface area (Å²) in [7, 11) is 1.96. The summed E-state index contributed by atoms with van der Waals surface area (Å²) in [6, 6.07) is 2.75. The summed E-state index contributed by atoms with van der Waals surface area (Å²) >= 11 is 0. The van der Waals surface area contributed by atoms with E-state index in [0.717, 1.165) is 19.5 Å². The van der Waals surface area contributed by atoms with E-state index in [4.69, 9.17) is 0 Å². The lowest BCUT2D eigenvalue weighted by molar-refractivity contribution is 0.493. The minimum absolute atomic E-state index is 0.495. The first kappa shape index (κ1) is 15.8. The van der Waals surface area contributed by atoms with E-state index >= 15 is 0 Å². The number of aryl methyl sites for hydroxylation is 3. The number of nitrogens with zero attached hydrogens (tertiary/aromatic N) is 3. The van der Waals surface area contributed by atoms with E-state index in [1.807, 2.05) is 17.9 Å². The highest BCUT2D eigenvalue weighted by atomic mass is 15.2. The highest BCUT2D eigenvalue weighted by Gasteiger charge is 2.10. The molecule has 4 nitrogen and oxygen atoms in total. The van der Waals surface area contributed by atoms with Gasteiger partial charge in [-0.25, -0.2) is 0 Å². The van der Waals surface area contributed by atoms with Crippen LogP contribution < -0.4 is 5.32 Å². The first-order valence-electron chi connectivity index (χ1n) is 8.09. The minimum Gasteiger partial charge on any atom is -0.354 e. The van der Waals surface area contributed by atoms with Gasteiger partial charge in [0.1, 0.15) is 0 Å². The van der Waals surface area contributed by atoms with Crippen molar-refractivity contribution in [1.29, 1.82) is 0 Å². The molecule has 0 spiro atoms. The van der Waals surface area contributed by atoms with Crippen molar-refractivity contribution in [2.24, 2.45) is 7.05 Å². The van der Waals surface area contributed by atoms with Crippen LogP contribution in [0.4, 0.5) is 0 Å². The SMILES string of the molecule is CCCNC(CCC)c1ccn(CCc2cnn(C)c2)c1. The van der Waals surface area contributed by atoms with E-state index in [1.165, 1.54) is 30.4 Å². The van der Waals surface area contributed by atoms with Gasteiger partial charge in [0, 0.05) is 38.2 Å². The summed E-state index contributed by atoms with van der Waals surface area (Å²) in [5.41, 5.74) is 2.71. The second kappa shape index (κ2) is 8.03. The van der Waals surface area contributed by atoms with Gasteiger partial charge in [0.2, 0.25) is 0 Å². The van der Waals surface area contributed by atoms with Crippen LogP contribution in [0.1, 0.15) is 50.3 Å². The third-order valence-electron chi connectivity index (χ3n) is 3.81. The van der Waals surface area contributed by atoms with Crippen LogP contribution >= 0.6 is 0 Å². The summed E-state index contributed by atoms with van der Waals surface area (Å²) in [6.07, 6.45) is 13.2. The van der Waals surface area contributed by atoms with Crippen molar-refractivity contribution >= 4 is 0 Å². The van der Waals surface area contributed by atoms with Crippen molar-refractivity contribution < 1.29 is 0 Å². The number of nitrogens with one attached hydrogen (secondary N) is 1. The van der Waals surface area contributed by atoms with E-state index in [9.17, 15) is 0 Å². The van der Waals surface area contributed by atoms with Crippen molar-refractivity contribution in [2.75, 3.05) is 6.54 Å². The molecule has 21 heavy (non-hydrogen) atoms. The first-order valence-corrected chi connectivity index (χ1v) is 8.09. The summed E-state index contributed by atoms with van der Waals surface area (Å²) in [4.78, 5) is 0. The van der Waals surface area contributed by atoms with Gasteiger partial charge in [0.05, 0.1) is 6.20 Å².